The fourth-order valence-corrected chi connectivity index (χ4v) is 0.874. The molecule has 0 spiro atoms. The van der Waals surface area contributed by atoms with Crippen LogP contribution in [0.25, 0.3) is 5.69 Å². The molecule has 5 heteroatoms. The third-order valence-electron chi connectivity index (χ3n) is 1.36. The molecular weight excluding hydrogens is 156 g/mol. The zero-order chi connectivity index (χ0) is 8.39. The van der Waals surface area contributed by atoms with Crippen molar-refractivity contribution in [1.29, 1.82) is 0 Å². The lowest BCUT2D eigenvalue weighted by molar-refractivity contribution is 0.471. The maximum Gasteiger partial charge on any atom is 0.136 e. The lowest BCUT2D eigenvalue weighted by Gasteiger charge is -1.97. The van der Waals surface area contributed by atoms with E-state index in [1.54, 1.807) is 18.6 Å². The smallest absolute Gasteiger partial charge is 0.136 e. The number of aromatic nitrogens is 4. The Balaban J connectivity index is 2.48. The Labute approximate surface area is 68.3 Å². The molecule has 0 bridgehead atoms. The fraction of sp³-hybridized carbons (Fsp3) is 0. The topological polar surface area (TPSA) is 63.8 Å². The van der Waals surface area contributed by atoms with Crippen molar-refractivity contribution in [3.05, 3.63) is 30.9 Å². The summed E-state index contributed by atoms with van der Waals surface area (Å²) in [6.07, 6.45) is 6.04. The SMILES string of the molecule is Oc1cncc(-n2nccn2)c1. The van der Waals surface area contributed by atoms with Gasteiger partial charge in [-0.05, 0) is 0 Å². The number of hydrogen-bond donors (Lipinski definition) is 1. The van der Waals surface area contributed by atoms with E-state index in [9.17, 15) is 0 Å². The van der Waals surface area contributed by atoms with Crippen molar-refractivity contribution in [3.8, 4) is 11.4 Å². The van der Waals surface area contributed by atoms with E-state index in [1.807, 2.05) is 0 Å². The molecule has 0 saturated heterocycles. The van der Waals surface area contributed by atoms with E-state index in [0.29, 0.717) is 5.69 Å². The van der Waals surface area contributed by atoms with E-state index in [0.717, 1.165) is 0 Å². The van der Waals surface area contributed by atoms with Crippen LogP contribution < -0.4 is 0 Å². The lowest BCUT2D eigenvalue weighted by atomic mass is 10.4. The van der Waals surface area contributed by atoms with Gasteiger partial charge in [0.25, 0.3) is 0 Å². The van der Waals surface area contributed by atoms with Gasteiger partial charge in [-0.1, -0.05) is 0 Å². The van der Waals surface area contributed by atoms with Crippen LogP contribution in [0.5, 0.6) is 5.75 Å². The van der Waals surface area contributed by atoms with Gasteiger partial charge < -0.3 is 5.11 Å². The molecule has 0 amide bonds. The molecule has 5 nitrogen and oxygen atoms in total. The van der Waals surface area contributed by atoms with Crippen LogP contribution in [-0.2, 0) is 0 Å². The molecule has 0 aliphatic heterocycles. The van der Waals surface area contributed by atoms with Gasteiger partial charge in [-0.2, -0.15) is 10.2 Å². The Morgan fingerprint density at radius 1 is 1.17 bits per heavy atom. The van der Waals surface area contributed by atoms with Gasteiger partial charge in [0.05, 0.1) is 24.8 Å². The minimum Gasteiger partial charge on any atom is -0.506 e. The van der Waals surface area contributed by atoms with Crippen molar-refractivity contribution in [2.24, 2.45) is 0 Å². The maximum absolute atomic E-state index is 9.08. The Kier molecular flexibility index (Phi) is 1.48. The summed E-state index contributed by atoms with van der Waals surface area (Å²) in [5, 5.41) is 16.8. The highest BCUT2D eigenvalue weighted by Crippen LogP contribution is 2.10. The molecule has 0 unspecified atom stereocenters. The molecule has 0 aliphatic carbocycles. The van der Waals surface area contributed by atoms with Crippen molar-refractivity contribution in [2.75, 3.05) is 0 Å². The second kappa shape index (κ2) is 2.61. The molecule has 2 rings (SSSR count). The van der Waals surface area contributed by atoms with Crippen LogP contribution in [0.1, 0.15) is 0 Å². The van der Waals surface area contributed by atoms with Gasteiger partial charge in [-0.25, -0.2) is 0 Å². The minimum absolute atomic E-state index is 0.102. The summed E-state index contributed by atoms with van der Waals surface area (Å²) < 4.78 is 0. The standard InChI is InChI=1S/C7H6N4O/c12-7-3-6(4-8-5-7)11-9-1-2-10-11/h1-5,12H. The summed E-state index contributed by atoms with van der Waals surface area (Å²) in [5.74, 6) is 0.102. The number of rotatable bonds is 1. The highest BCUT2D eigenvalue weighted by molar-refractivity contribution is 5.32. The molecule has 0 aromatic carbocycles. The Hall–Kier alpha value is -1.91. The molecule has 60 valence electrons. The van der Waals surface area contributed by atoms with Crippen molar-refractivity contribution < 1.29 is 5.11 Å². The molecule has 2 heterocycles. The third-order valence-corrected chi connectivity index (χ3v) is 1.36. The quantitative estimate of drug-likeness (QED) is 0.657. The number of nitrogens with zero attached hydrogens (tertiary/aromatic N) is 4. The molecule has 0 saturated carbocycles. The lowest BCUT2D eigenvalue weighted by Crippen LogP contribution is -1.98. The van der Waals surface area contributed by atoms with E-state index in [1.165, 1.54) is 17.1 Å². The summed E-state index contributed by atoms with van der Waals surface area (Å²) in [4.78, 5) is 5.17. The first kappa shape index (κ1) is 6.78. The molecule has 0 aliphatic rings. The van der Waals surface area contributed by atoms with Gasteiger partial charge in [0.2, 0.25) is 0 Å². The zero-order valence-electron chi connectivity index (χ0n) is 6.12. The summed E-state index contributed by atoms with van der Waals surface area (Å²) in [6, 6.07) is 1.53. The van der Waals surface area contributed by atoms with Crippen LogP contribution in [0.2, 0.25) is 0 Å². The fourth-order valence-electron chi connectivity index (χ4n) is 0.874. The summed E-state index contributed by atoms with van der Waals surface area (Å²) in [6.45, 7) is 0. The van der Waals surface area contributed by atoms with E-state index >= 15 is 0 Å². The highest BCUT2D eigenvalue weighted by atomic mass is 16.3. The zero-order valence-corrected chi connectivity index (χ0v) is 6.12. The van der Waals surface area contributed by atoms with Gasteiger partial charge >= 0.3 is 0 Å². The van der Waals surface area contributed by atoms with E-state index in [-0.39, 0.29) is 5.75 Å². The molecule has 0 atom stereocenters. The molecule has 1 N–H and O–H groups in total. The van der Waals surface area contributed by atoms with Crippen molar-refractivity contribution >= 4 is 0 Å². The van der Waals surface area contributed by atoms with Crippen LogP contribution in [-0.4, -0.2) is 25.1 Å². The van der Waals surface area contributed by atoms with Gasteiger partial charge in [-0.3, -0.25) is 4.98 Å². The summed E-state index contributed by atoms with van der Waals surface area (Å²) in [7, 11) is 0. The Morgan fingerprint density at radius 3 is 2.58 bits per heavy atom. The van der Waals surface area contributed by atoms with Crippen molar-refractivity contribution in [2.45, 2.75) is 0 Å². The first-order valence-corrected chi connectivity index (χ1v) is 3.37. The second-order valence-electron chi connectivity index (χ2n) is 2.22. The van der Waals surface area contributed by atoms with Crippen LogP contribution in [0.3, 0.4) is 0 Å². The van der Waals surface area contributed by atoms with Crippen molar-refractivity contribution in [1.82, 2.24) is 20.0 Å². The molecule has 0 fully saturated rings. The number of hydrogen-bond acceptors (Lipinski definition) is 4. The minimum atomic E-state index is 0.102. The van der Waals surface area contributed by atoms with Gasteiger partial charge in [-0.15, -0.1) is 4.80 Å². The largest absolute Gasteiger partial charge is 0.506 e. The van der Waals surface area contributed by atoms with Crippen molar-refractivity contribution in [3.63, 3.8) is 0 Å². The van der Waals surface area contributed by atoms with Crippen LogP contribution in [0, 0.1) is 0 Å². The third kappa shape index (κ3) is 1.12. The van der Waals surface area contributed by atoms with Gasteiger partial charge in [0, 0.05) is 6.07 Å². The van der Waals surface area contributed by atoms with Gasteiger partial charge in [0.15, 0.2) is 0 Å². The second-order valence-corrected chi connectivity index (χ2v) is 2.22. The Bertz CT molecular complexity index is 371. The number of pyridine rings is 1. The molecule has 0 radical (unpaired) electrons. The van der Waals surface area contributed by atoms with Crippen LogP contribution >= 0.6 is 0 Å². The predicted octanol–water partition coefficient (Wildman–Crippen LogP) is 0.368. The Morgan fingerprint density at radius 2 is 1.92 bits per heavy atom. The normalized spacial score (nSPS) is 10.0. The number of aromatic hydroxyl groups is 1. The average Bonchev–Trinajstić information content (AvgIpc) is 2.56. The molecule has 2 aromatic heterocycles. The van der Waals surface area contributed by atoms with Crippen LogP contribution in [0.15, 0.2) is 30.9 Å². The summed E-state index contributed by atoms with van der Waals surface area (Å²) >= 11 is 0. The van der Waals surface area contributed by atoms with Crippen LogP contribution in [0.4, 0.5) is 0 Å². The molecular formula is C7H6N4O. The first-order valence-electron chi connectivity index (χ1n) is 3.37. The monoisotopic (exact) mass is 162 g/mol. The molecule has 12 heavy (non-hydrogen) atoms. The summed E-state index contributed by atoms with van der Waals surface area (Å²) in [5.41, 5.74) is 0.639. The predicted molar refractivity (Wildman–Crippen MR) is 40.8 cm³/mol. The highest BCUT2D eigenvalue weighted by Gasteiger charge is 1.97. The maximum atomic E-state index is 9.08. The first-order chi connectivity index (χ1) is 5.86. The van der Waals surface area contributed by atoms with Gasteiger partial charge in [0.1, 0.15) is 11.4 Å². The average molecular weight is 162 g/mol. The van der Waals surface area contributed by atoms with E-state index < -0.39 is 0 Å². The van der Waals surface area contributed by atoms with E-state index in [2.05, 4.69) is 15.2 Å². The molecule has 2 aromatic rings. The van der Waals surface area contributed by atoms with E-state index in [4.69, 9.17) is 5.11 Å².